The van der Waals surface area contributed by atoms with Crippen LogP contribution < -0.4 is 11.1 Å². The van der Waals surface area contributed by atoms with Crippen molar-refractivity contribution in [1.29, 1.82) is 0 Å². The molecular formula is C12H15N5O3S. The second kappa shape index (κ2) is 6.93. The number of carbonyl (C=O) groups is 2. The Kier molecular flexibility index (Phi) is 4.99. The molecule has 3 N–H and O–H groups in total. The average molecular weight is 309 g/mol. The fraction of sp³-hybridized carbons (Fsp3) is 0.333. The van der Waals surface area contributed by atoms with Gasteiger partial charge in [0.25, 0.3) is 0 Å². The normalized spacial score (nSPS) is 10.5. The molecule has 0 aliphatic rings. The Bertz CT molecular complexity index is 623. The van der Waals surface area contributed by atoms with Crippen LogP contribution in [0.3, 0.4) is 0 Å². The minimum absolute atomic E-state index is 0.167. The molecule has 9 heteroatoms. The second-order valence-electron chi connectivity index (χ2n) is 4.04. The van der Waals surface area contributed by atoms with Crippen LogP contribution in [0.2, 0.25) is 0 Å². The van der Waals surface area contributed by atoms with E-state index in [4.69, 9.17) is 10.2 Å². The molecule has 0 atom stereocenters. The number of aromatic nitrogens is 3. The smallest absolute Gasteiger partial charge is 0.318 e. The average Bonchev–Trinajstić information content (AvgIpc) is 3.05. The number of nitrogens with two attached hydrogens (primary N) is 1. The first kappa shape index (κ1) is 15.1. The van der Waals surface area contributed by atoms with Crippen LogP contribution in [0.15, 0.2) is 28.0 Å². The molecule has 0 radical (unpaired) electrons. The van der Waals surface area contributed by atoms with Gasteiger partial charge in [-0.05, 0) is 19.1 Å². The van der Waals surface area contributed by atoms with E-state index in [9.17, 15) is 9.59 Å². The van der Waals surface area contributed by atoms with Gasteiger partial charge in [-0.15, -0.1) is 10.2 Å². The Balaban J connectivity index is 1.98. The molecule has 2 heterocycles. The van der Waals surface area contributed by atoms with Gasteiger partial charge in [0.2, 0.25) is 5.91 Å². The molecule has 0 aliphatic carbocycles. The first-order chi connectivity index (χ1) is 10.1. The lowest BCUT2D eigenvalue weighted by atomic mass is 10.4. The number of primary amides is 1. The van der Waals surface area contributed by atoms with Crippen molar-refractivity contribution in [2.24, 2.45) is 5.73 Å². The first-order valence-electron chi connectivity index (χ1n) is 6.31. The van der Waals surface area contributed by atoms with Gasteiger partial charge >= 0.3 is 6.03 Å². The highest BCUT2D eigenvalue weighted by atomic mass is 32.2. The standard InChI is InChI=1S/C12H15N5O3S/c1-2-17-10(8-4-3-6-20-8)15-16-12(17)21-7-5-9(18)14-11(13)19/h3-4,6H,2,5,7H2,1H3,(H3,13,14,18,19). The Morgan fingerprint density at radius 3 is 2.90 bits per heavy atom. The summed E-state index contributed by atoms with van der Waals surface area (Å²) in [6.07, 6.45) is 1.74. The van der Waals surface area contributed by atoms with E-state index in [2.05, 4.69) is 10.2 Å². The Hall–Kier alpha value is -2.29. The molecule has 0 bridgehead atoms. The Morgan fingerprint density at radius 1 is 1.48 bits per heavy atom. The summed E-state index contributed by atoms with van der Waals surface area (Å²) in [5.74, 6) is 1.34. The van der Waals surface area contributed by atoms with E-state index >= 15 is 0 Å². The van der Waals surface area contributed by atoms with Crippen LogP contribution in [0.5, 0.6) is 0 Å². The van der Waals surface area contributed by atoms with Crippen molar-refractivity contribution in [2.75, 3.05) is 5.75 Å². The van der Waals surface area contributed by atoms with Crippen LogP contribution in [0.25, 0.3) is 11.6 Å². The van der Waals surface area contributed by atoms with Gasteiger partial charge in [-0.2, -0.15) is 0 Å². The largest absolute Gasteiger partial charge is 0.461 e. The molecule has 3 amide bonds. The number of amides is 3. The van der Waals surface area contributed by atoms with Crippen LogP contribution >= 0.6 is 11.8 Å². The third kappa shape index (κ3) is 3.85. The number of rotatable bonds is 6. The summed E-state index contributed by atoms with van der Waals surface area (Å²) < 4.78 is 7.21. The van der Waals surface area contributed by atoms with E-state index < -0.39 is 11.9 Å². The Morgan fingerprint density at radius 2 is 2.29 bits per heavy atom. The lowest BCUT2D eigenvalue weighted by Gasteiger charge is -2.05. The van der Waals surface area contributed by atoms with Crippen LogP contribution in [0.1, 0.15) is 13.3 Å². The number of nitrogens with one attached hydrogen (secondary N) is 1. The van der Waals surface area contributed by atoms with Gasteiger partial charge in [0.1, 0.15) is 0 Å². The van der Waals surface area contributed by atoms with Crippen molar-refractivity contribution in [3.63, 3.8) is 0 Å². The maximum absolute atomic E-state index is 11.3. The summed E-state index contributed by atoms with van der Waals surface area (Å²) in [4.78, 5) is 21.8. The number of furan rings is 1. The third-order valence-electron chi connectivity index (χ3n) is 2.60. The van der Waals surface area contributed by atoms with E-state index in [1.807, 2.05) is 22.9 Å². The predicted octanol–water partition coefficient (Wildman–Crippen LogP) is 1.24. The van der Waals surface area contributed by atoms with E-state index in [0.717, 1.165) is 0 Å². The first-order valence-corrected chi connectivity index (χ1v) is 7.29. The molecule has 21 heavy (non-hydrogen) atoms. The molecule has 0 unspecified atom stereocenters. The molecular weight excluding hydrogens is 294 g/mol. The zero-order chi connectivity index (χ0) is 15.2. The summed E-state index contributed by atoms with van der Waals surface area (Å²) in [6, 6.07) is 2.75. The van der Waals surface area contributed by atoms with Gasteiger partial charge in [0.15, 0.2) is 16.7 Å². The molecule has 0 fully saturated rings. The highest BCUT2D eigenvalue weighted by Crippen LogP contribution is 2.24. The number of imide groups is 1. The van der Waals surface area contributed by atoms with Crippen LogP contribution in [-0.4, -0.2) is 32.5 Å². The molecule has 2 aromatic heterocycles. The van der Waals surface area contributed by atoms with Crippen LogP contribution in [-0.2, 0) is 11.3 Å². The van der Waals surface area contributed by atoms with Gasteiger partial charge in [-0.3, -0.25) is 14.7 Å². The summed E-state index contributed by atoms with van der Waals surface area (Å²) in [6.45, 7) is 2.65. The van der Waals surface area contributed by atoms with Gasteiger partial charge < -0.3 is 10.2 Å². The van der Waals surface area contributed by atoms with Gasteiger partial charge in [-0.25, -0.2) is 4.79 Å². The van der Waals surface area contributed by atoms with E-state index in [1.165, 1.54) is 11.8 Å². The molecule has 0 aliphatic heterocycles. The molecule has 2 rings (SSSR count). The number of thioether (sulfide) groups is 1. The Labute approximate surface area is 125 Å². The topological polar surface area (TPSA) is 116 Å². The van der Waals surface area contributed by atoms with E-state index in [-0.39, 0.29) is 6.42 Å². The monoisotopic (exact) mass is 309 g/mol. The minimum Gasteiger partial charge on any atom is -0.461 e. The molecule has 0 spiro atoms. The molecule has 0 aromatic carbocycles. The number of nitrogens with zero attached hydrogens (tertiary/aromatic N) is 3. The zero-order valence-electron chi connectivity index (χ0n) is 11.4. The molecule has 8 nitrogen and oxygen atoms in total. The maximum atomic E-state index is 11.3. The third-order valence-corrected chi connectivity index (χ3v) is 3.57. The van der Waals surface area contributed by atoms with Gasteiger partial charge in [-0.1, -0.05) is 11.8 Å². The quantitative estimate of drug-likeness (QED) is 0.775. The summed E-state index contributed by atoms with van der Waals surface area (Å²) in [5.41, 5.74) is 4.86. The van der Waals surface area contributed by atoms with E-state index in [0.29, 0.717) is 29.0 Å². The molecule has 2 aromatic rings. The highest BCUT2D eigenvalue weighted by molar-refractivity contribution is 7.99. The number of hydrogen-bond acceptors (Lipinski definition) is 6. The van der Waals surface area contributed by atoms with Crippen molar-refractivity contribution in [3.05, 3.63) is 18.4 Å². The molecule has 0 saturated carbocycles. The van der Waals surface area contributed by atoms with Crippen molar-refractivity contribution in [1.82, 2.24) is 20.1 Å². The number of carbonyl (C=O) groups excluding carboxylic acids is 2. The predicted molar refractivity (Wildman–Crippen MR) is 76.5 cm³/mol. The lowest BCUT2D eigenvalue weighted by Crippen LogP contribution is -2.35. The zero-order valence-corrected chi connectivity index (χ0v) is 12.2. The lowest BCUT2D eigenvalue weighted by molar-refractivity contribution is -0.119. The van der Waals surface area contributed by atoms with E-state index in [1.54, 1.807) is 12.3 Å². The highest BCUT2D eigenvalue weighted by Gasteiger charge is 2.15. The van der Waals surface area contributed by atoms with Crippen molar-refractivity contribution >= 4 is 23.7 Å². The minimum atomic E-state index is -0.846. The number of urea groups is 1. The fourth-order valence-corrected chi connectivity index (χ4v) is 2.64. The molecule has 112 valence electrons. The van der Waals surface area contributed by atoms with Crippen molar-refractivity contribution in [3.8, 4) is 11.6 Å². The summed E-state index contributed by atoms with van der Waals surface area (Å²) in [7, 11) is 0. The summed E-state index contributed by atoms with van der Waals surface area (Å²) in [5, 5.41) is 10.9. The summed E-state index contributed by atoms with van der Waals surface area (Å²) >= 11 is 1.38. The number of hydrogen-bond donors (Lipinski definition) is 2. The van der Waals surface area contributed by atoms with Crippen LogP contribution in [0, 0.1) is 0 Å². The maximum Gasteiger partial charge on any atom is 0.318 e. The second-order valence-corrected chi connectivity index (χ2v) is 5.10. The van der Waals surface area contributed by atoms with Crippen LogP contribution in [0.4, 0.5) is 4.79 Å². The fourth-order valence-electron chi connectivity index (χ4n) is 1.70. The van der Waals surface area contributed by atoms with Crippen molar-refractivity contribution in [2.45, 2.75) is 25.0 Å². The van der Waals surface area contributed by atoms with Gasteiger partial charge in [0.05, 0.1) is 6.26 Å². The van der Waals surface area contributed by atoms with Crippen molar-refractivity contribution < 1.29 is 14.0 Å². The molecule has 0 saturated heterocycles. The SMILES string of the molecule is CCn1c(SCCC(=O)NC(N)=O)nnc1-c1ccco1. The van der Waals surface area contributed by atoms with Gasteiger partial charge in [0, 0.05) is 18.7 Å².